The zero-order valence-electron chi connectivity index (χ0n) is 12.9. The summed E-state index contributed by atoms with van der Waals surface area (Å²) in [7, 11) is 3.89. The maximum Gasteiger partial charge on any atom is 0.193 e. The van der Waals surface area contributed by atoms with Crippen LogP contribution in [0.4, 0.5) is 0 Å². The van der Waals surface area contributed by atoms with Gasteiger partial charge in [0.25, 0.3) is 0 Å². The fourth-order valence-electron chi connectivity index (χ4n) is 1.87. The number of allylic oxidation sites excluding steroid dienone is 1. The summed E-state index contributed by atoms with van der Waals surface area (Å²) in [6.07, 6.45) is 8.10. The molecule has 0 bridgehead atoms. The van der Waals surface area contributed by atoms with Crippen LogP contribution < -0.4 is 5.32 Å². The highest BCUT2D eigenvalue weighted by molar-refractivity contribution is 7.11. The molecular weight excluding hydrogens is 268 g/mol. The molecule has 1 rings (SSSR count). The number of unbranched alkanes of at least 4 members (excludes halogenated alkanes) is 1. The van der Waals surface area contributed by atoms with Crippen LogP contribution in [-0.4, -0.2) is 43.0 Å². The number of hydrogen-bond donors (Lipinski definition) is 1. The summed E-state index contributed by atoms with van der Waals surface area (Å²) in [6.45, 7) is 7.77. The molecule has 0 saturated carbocycles. The molecule has 0 radical (unpaired) electrons. The molecule has 5 heteroatoms. The number of hydrogen-bond acceptors (Lipinski definition) is 3. The number of nitrogens with one attached hydrogen (secondary N) is 1. The number of thiazole rings is 1. The molecule has 1 heterocycles. The maximum atomic E-state index is 4.43. The standard InChI is InChI=1S/C15H26N4S/c1-5-7-8-11-19(4)15(16-3)17-10-9-14-18-12-13(6-2)20-14/h5,12H,1,6-11H2,2-4H3,(H,16,17). The Kier molecular flexibility index (Phi) is 7.95. The van der Waals surface area contributed by atoms with Gasteiger partial charge in [-0.15, -0.1) is 17.9 Å². The summed E-state index contributed by atoms with van der Waals surface area (Å²) in [5.74, 6) is 0.946. The highest BCUT2D eigenvalue weighted by Crippen LogP contribution is 2.13. The number of guanidine groups is 1. The number of nitrogens with zero attached hydrogens (tertiary/aromatic N) is 3. The van der Waals surface area contributed by atoms with Crippen LogP contribution in [0.1, 0.15) is 29.7 Å². The van der Waals surface area contributed by atoms with Crippen LogP contribution in [0.15, 0.2) is 23.8 Å². The lowest BCUT2D eigenvalue weighted by molar-refractivity contribution is 0.470. The highest BCUT2D eigenvalue weighted by Gasteiger charge is 2.05. The minimum Gasteiger partial charge on any atom is -0.356 e. The lowest BCUT2D eigenvalue weighted by Gasteiger charge is -2.21. The second-order valence-electron chi connectivity index (χ2n) is 4.65. The summed E-state index contributed by atoms with van der Waals surface area (Å²) >= 11 is 1.80. The summed E-state index contributed by atoms with van der Waals surface area (Å²) in [5.41, 5.74) is 0. The third-order valence-electron chi connectivity index (χ3n) is 3.05. The van der Waals surface area contributed by atoms with Crippen LogP contribution in [0.5, 0.6) is 0 Å². The SMILES string of the molecule is C=CCCCN(C)C(=NC)NCCc1ncc(CC)s1. The highest BCUT2D eigenvalue weighted by atomic mass is 32.1. The first-order valence-electron chi connectivity index (χ1n) is 7.17. The van der Waals surface area contributed by atoms with Crippen molar-refractivity contribution in [3.8, 4) is 0 Å². The van der Waals surface area contributed by atoms with E-state index in [9.17, 15) is 0 Å². The van der Waals surface area contributed by atoms with Crippen molar-refractivity contribution in [2.45, 2.75) is 32.6 Å². The molecule has 0 unspecified atom stereocenters. The third-order valence-corrected chi connectivity index (χ3v) is 4.25. The van der Waals surface area contributed by atoms with E-state index in [1.54, 1.807) is 11.3 Å². The average Bonchev–Trinajstić information content (AvgIpc) is 2.91. The Balaban J connectivity index is 2.32. The summed E-state index contributed by atoms with van der Waals surface area (Å²) in [5, 5.41) is 4.58. The van der Waals surface area contributed by atoms with E-state index in [1.807, 2.05) is 19.3 Å². The Hall–Kier alpha value is -1.36. The Morgan fingerprint density at radius 3 is 3.00 bits per heavy atom. The van der Waals surface area contributed by atoms with E-state index in [1.165, 1.54) is 9.88 Å². The van der Waals surface area contributed by atoms with Crippen molar-refractivity contribution in [3.63, 3.8) is 0 Å². The van der Waals surface area contributed by atoms with Gasteiger partial charge in [-0.2, -0.15) is 0 Å². The number of aliphatic imine (C=N–C) groups is 1. The molecule has 0 amide bonds. The fourth-order valence-corrected chi connectivity index (χ4v) is 2.73. The van der Waals surface area contributed by atoms with Gasteiger partial charge in [-0.25, -0.2) is 4.98 Å². The molecule has 0 atom stereocenters. The normalized spacial score (nSPS) is 11.4. The van der Waals surface area contributed by atoms with E-state index < -0.39 is 0 Å². The minimum absolute atomic E-state index is 0.870. The lowest BCUT2D eigenvalue weighted by Crippen LogP contribution is -2.40. The molecule has 0 fully saturated rings. The van der Waals surface area contributed by atoms with Gasteiger partial charge in [-0.1, -0.05) is 13.0 Å². The van der Waals surface area contributed by atoms with Gasteiger partial charge >= 0.3 is 0 Å². The van der Waals surface area contributed by atoms with Crippen LogP contribution in [0.2, 0.25) is 0 Å². The van der Waals surface area contributed by atoms with Gasteiger partial charge in [0, 0.05) is 44.7 Å². The zero-order chi connectivity index (χ0) is 14.8. The second-order valence-corrected chi connectivity index (χ2v) is 5.85. The summed E-state index contributed by atoms with van der Waals surface area (Å²) in [6, 6.07) is 0. The quantitative estimate of drug-likeness (QED) is 0.347. The first-order chi connectivity index (χ1) is 9.71. The molecule has 1 N–H and O–H groups in total. The van der Waals surface area contributed by atoms with Crippen LogP contribution in [0.3, 0.4) is 0 Å². The van der Waals surface area contributed by atoms with E-state index in [0.717, 1.165) is 44.7 Å². The third kappa shape index (κ3) is 5.74. The van der Waals surface area contributed by atoms with Gasteiger partial charge in [0.2, 0.25) is 0 Å². The first-order valence-corrected chi connectivity index (χ1v) is 7.99. The summed E-state index contributed by atoms with van der Waals surface area (Å²) < 4.78 is 0. The number of rotatable bonds is 8. The van der Waals surface area contributed by atoms with Crippen LogP contribution in [-0.2, 0) is 12.8 Å². The van der Waals surface area contributed by atoms with Crippen LogP contribution in [0, 0.1) is 0 Å². The molecule has 0 aliphatic carbocycles. The molecule has 112 valence electrons. The molecule has 4 nitrogen and oxygen atoms in total. The topological polar surface area (TPSA) is 40.5 Å². The molecule has 20 heavy (non-hydrogen) atoms. The molecule has 0 spiro atoms. The monoisotopic (exact) mass is 294 g/mol. The summed E-state index contributed by atoms with van der Waals surface area (Å²) in [4.78, 5) is 12.2. The second kappa shape index (κ2) is 9.53. The van der Waals surface area contributed by atoms with Crippen LogP contribution >= 0.6 is 11.3 Å². The van der Waals surface area contributed by atoms with Gasteiger partial charge in [-0.3, -0.25) is 4.99 Å². The lowest BCUT2D eigenvalue weighted by atomic mass is 10.3. The molecule has 0 aliphatic rings. The first kappa shape index (κ1) is 16.7. The van der Waals surface area contributed by atoms with Crippen molar-refractivity contribution in [1.82, 2.24) is 15.2 Å². The van der Waals surface area contributed by atoms with Crippen molar-refractivity contribution >= 4 is 17.3 Å². The van der Waals surface area contributed by atoms with E-state index in [4.69, 9.17) is 0 Å². The maximum absolute atomic E-state index is 4.43. The number of aryl methyl sites for hydroxylation is 1. The van der Waals surface area contributed by atoms with Gasteiger partial charge < -0.3 is 10.2 Å². The smallest absolute Gasteiger partial charge is 0.193 e. The number of aromatic nitrogens is 1. The predicted octanol–water partition coefficient (Wildman–Crippen LogP) is 2.72. The predicted molar refractivity (Wildman–Crippen MR) is 88.6 cm³/mol. The molecular formula is C15H26N4S. The van der Waals surface area contributed by atoms with Crippen LogP contribution in [0.25, 0.3) is 0 Å². The molecule has 0 aromatic carbocycles. The molecule has 1 aromatic rings. The largest absolute Gasteiger partial charge is 0.356 e. The van der Waals surface area contributed by atoms with E-state index >= 15 is 0 Å². The Morgan fingerprint density at radius 1 is 1.60 bits per heavy atom. The fraction of sp³-hybridized carbons (Fsp3) is 0.600. The van der Waals surface area contributed by atoms with E-state index in [-0.39, 0.29) is 0 Å². The van der Waals surface area contributed by atoms with Gasteiger partial charge in [0.1, 0.15) is 0 Å². The van der Waals surface area contributed by atoms with Gasteiger partial charge in [-0.05, 0) is 19.3 Å². The zero-order valence-corrected chi connectivity index (χ0v) is 13.7. The van der Waals surface area contributed by atoms with Crippen molar-refractivity contribution in [1.29, 1.82) is 0 Å². The average molecular weight is 294 g/mol. The van der Waals surface area contributed by atoms with E-state index in [0.29, 0.717) is 0 Å². The van der Waals surface area contributed by atoms with Crippen molar-refractivity contribution in [3.05, 3.63) is 28.7 Å². The molecule has 0 saturated heterocycles. The van der Waals surface area contributed by atoms with Gasteiger partial charge in [0.15, 0.2) is 5.96 Å². The van der Waals surface area contributed by atoms with Crippen molar-refractivity contribution < 1.29 is 0 Å². The van der Waals surface area contributed by atoms with Crippen molar-refractivity contribution in [2.24, 2.45) is 4.99 Å². The van der Waals surface area contributed by atoms with Gasteiger partial charge in [0.05, 0.1) is 5.01 Å². The molecule has 0 aliphatic heterocycles. The minimum atomic E-state index is 0.870. The van der Waals surface area contributed by atoms with E-state index in [2.05, 4.69) is 40.7 Å². The van der Waals surface area contributed by atoms with Crippen molar-refractivity contribution in [2.75, 3.05) is 27.2 Å². The molecule has 1 aromatic heterocycles. The Labute approximate surface area is 126 Å². The Morgan fingerprint density at radius 2 is 2.40 bits per heavy atom. The Bertz CT molecular complexity index is 425.